The molecule has 1 heterocycles. The van der Waals surface area contributed by atoms with Gasteiger partial charge < -0.3 is 5.73 Å². The van der Waals surface area contributed by atoms with Crippen molar-refractivity contribution in [2.75, 3.05) is 13.1 Å². The Labute approximate surface area is 100 Å². The van der Waals surface area contributed by atoms with Crippen LogP contribution in [0.4, 0.5) is 4.39 Å². The number of primary amides is 1. The van der Waals surface area contributed by atoms with Crippen LogP contribution in [0.15, 0.2) is 24.3 Å². The molecular weight excluding hydrogens is 219 g/mol. The van der Waals surface area contributed by atoms with E-state index < -0.39 is 0 Å². The topological polar surface area (TPSA) is 46.3 Å². The molecule has 3 nitrogen and oxygen atoms in total. The molecule has 1 atom stereocenters. The van der Waals surface area contributed by atoms with Gasteiger partial charge in [0.2, 0.25) is 5.91 Å². The molecule has 2 N–H and O–H groups in total. The van der Waals surface area contributed by atoms with Crippen molar-refractivity contribution < 1.29 is 9.18 Å². The number of hydrogen-bond donors (Lipinski definition) is 1. The fraction of sp³-hybridized carbons (Fsp3) is 0.462. The minimum absolute atomic E-state index is 0.118. The van der Waals surface area contributed by atoms with Crippen LogP contribution in [0.2, 0.25) is 0 Å². The van der Waals surface area contributed by atoms with Crippen molar-refractivity contribution in [3.8, 4) is 0 Å². The minimum atomic E-state index is -0.326. The fourth-order valence-electron chi connectivity index (χ4n) is 2.47. The number of rotatable bonds is 3. The number of benzene rings is 1. The Morgan fingerprint density at radius 3 is 3.00 bits per heavy atom. The highest BCUT2D eigenvalue weighted by atomic mass is 19.1. The van der Waals surface area contributed by atoms with Gasteiger partial charge >= 0.3 is 0 Å². The third-order valence-corrected chi connectivity index (χ3v) is 3.21. The first-order valence-corrected chi connectivity index (χ1v) is 5.94. The van der Waals surface area contributed by atoms with E-state index >= 15 is 0 Å². The molecule has 1 fully saturated rings. The molecule has 0 saturated carbocycles. The van der Waals surface area contributed by atoms with Crippen LogP contribution in [-0.4, -0.2) is 23.9 Å². The highest BCUT2D eigenvalue weighted by Gasteiger charge is 2.24. The van der Waals surface area contributed by atoms with E-state index in [-0.39, 0.29) is 24.3 Å². The van der Waals surface area contributed by atoms with E-state index in [0.29, 0.717) is 0 Å². The van der Waals surface area contributed by atoms with Gasteiger partial charge in [-0.05, 0) is 37.1 Å². The summed E-state index contributed by atoms with van der Waals surface area (Å²) in [6, 6.07) is 6.72. The standard InChI is InChI=1S/C13H17FN2O/c14-11-5-3-4-10(8-11)12-6-1-2-7-16(12)9-13(15)17/h3-5,8,12H,1-2,6-7,9H2,(H2,15,17)/t12-/m0/s1. The van der Waals surface area contributed by atoms with E-state index in [4.69, 9.17) is 5.73 Å². The normalized spacial score (nSPS) is 21.4. The molecule has 4 heteroatoms. The molecule has 0 bridgehead atoms. The lowest BCUT2D eigenvalue weighted by Gasteiger charge is -2.35. The van der Waals surface area contributed by atoms with Crippen molar-refractivity contribution in [1.29, 1.82) is 0 Å². The van der Waals surface area contributed by atoms with Crippen LogP contribution in [0.5, 0.6) is 0 Å². The summed E-state index contributed by atoms with van der Waals surface area (Å²) in [6.45, 7) is 1.10. The number of piperidine rings is 1. The molecule has 0 aliphatic carbocycles. The Kier molecular flexibility index (Phi) is 3.74. The minimum Gasteiger partial charge on any atom is -0.369 e. The molecule has 1 aliphatic heterocycles. The molecule has 1 saturated heterocycles. The van der Waals surface area contributed by atoms with Crippen LogP contribution in [-0.2, 0) is 4.79 Å². The zero-order valence-electron chi connectivity index (χ0n) is 9.73. The Hall–Kier alpha value is -1.42. The Morgan fingerprint density at radius 2 is 2.29 bits per heavy atom. The fourth-order valence-corrected chi connectivity index (χ4v) is 2.47. The molecule has 0 radical (unpaired) electrons. The second-order valence-corrected chi connectivity index (χ2v) is 4.50. The number of carbonyl (C=O) groups is 1. The highest BCUT2D eigenvalue weighted by molar-refractivity contribution is 5.76. The number of nitrogens with two attached hydrogens (primary N) is 1. The van der Waals surface area contributed by atoms with Crippen molar-refractivity contribution in [2.24, 2.45) is 5.73 Å². The molecule has 2 rings (SSSR count). The zero-order chi connectivity index (χ0) is 12.3. The zero-order valence-corrected chi connectivity index (χ0v) is 9.73. The smallest absolute Gasteiger partial charge is 0.231 e. The molecule has 0 spiro atoms. The first-order chi connectivity index (χ1) is 8.16. The third-order valence-electron chi connectivity index (χ3n) is 3.21. The van der Waals surface area contributed by atoms with Gasteiger partial charge in [0, 0.05) is 6.04 Å². The molecule has 1 amide bonds. The van der Waals surface area contributed by atoms with Crippen molar-refractivity contribution in [3.63, 3.8) is 0 Å². The monoisotopic (exact) mass is 236 g/mol. The molecule has 1 aromatic rings. The summed E-state index contributed by atoms with van der Waals surface area (Å²) in [5.41, 5.74) is 6.17. The average molecular weight is 236 g/mol. The lowest BCUT2D eigenvalue weighted by Crippen LogP contribution is -2.39. The van der Waals surface area contributed by atoms with Gasteiger partial charge in [-0.2, -0.15) is 0 Å². The summed E-state index contributed by atoms with van der Waals surface area (Å²) in [7, 11) is 0. The number of amides is 1. The van der Waals surface area contributed by atoms with Crippen molar-refractivity contribution >= 4 is 5.91 Å². The highest BCUT2D eigenvalue weighted by Crippen LogP contribution is 2.30. The van der Waals surface area contributed by atoms with Crippen LogP contribution < -0.4 is 5.73 Å². The summed E-state index contributed by atoms with van der Waals surface area (Å²) in [5, 5.41) is 0. The van der Waals surface area contributed by atoms with Crippen LogP contribution in [0.25, 0.3) is 0 Å². The number of halogens is 1. The Balaban J connectivity index is 2.18. The predicted octanol–water partition coefficient (Wildman–Crippen LogP) is 1.84. The maximum Gasteiger partial charge on any atom is 0.231 e. The maximum atomic E-state index is 13.2. The molecule has 0 unspecified atom stereocenters. The number of nitrogens with zero attached hydrogens (tertiary/aromatic N) is 1. The first kappa shape index (κ1) is 12.0. The SMILES string of the molecule is NC(=O)CN1CCCC[C@H]1c1cccc(F)c1. The van der Waals surface area contributed by atoms with Crippen LogP contribution >= 0.6 is 0 Å². The van der Waals surface area contributed by atoms with Gasteiger partial charge in [0.05, 0.1) is 6.54 Å². The van der Waals surface area contributed by atoms with Gasteiger partial charge in [0.15, 0.2) is 0 Å². The van der Waals surface area contributed by atoms with E-state index in [1.54, 1.807) is 12.1 Å². The van der Waals surface area contributed by atoms with Gasteiger partial charge in [0.1, 0.15) is 5.82 Å². The van der Waals surface area contributed by atoms with E-state index in [0.717, 1.165) is 31.4 Å². The van der Waals surface area contributed by atoms with E-state index in [9.17, 15) is 9.18 Å². The van der Waals surface area contributed by atoms with Crippen LogP contribution in [0, 0.1) is 5.82 Å². The second-order valence-electron chi connectivity index (χ2n) is 4.50. The summed E-state index contributed by atoms with van der Waals surface area (Å²) in [5.74, 6) is -0.555. The van der Waals surface area contributed by atoms with E-state index in [2.05, 4.69) is 0 Å². The lowest BCUT2D eigenvalue weighted by molar-refractivity contribution is -0.120. The summed E-state index contributed by atoms with van der Waals surface area (Å²) < 4.78 is 13.2. The van der Waals surface area contributed by atoms with Gasteiger partial charge in [-0.15, -0.1) is 0 Å². The largest absolute Gasteiger partial charge is 0.369 e. The van der Waals surface area contributed by atoms with Crippen LogP contribution in [0.3, 0.4) is 0 Å². The number of hydrogen-bond acceptors (Lipinski definition) is 2. The molecule has 1 aromatic carbocycles. The van der Waals surface area contributed by atoms with Gasteiger partial charge in [-0.25, -0.2) is 4.39 Å². The Bertz CT molecular complexity index is 408. The van der Waals surface area contributed by atoms with Gasteiger partial charge in [-0.1, -0.05) is 18.6 Å². The first-order valence-electron chi connectivity index (χ1n) is 5.94. The molecule has 17 heavy (non-hydrogen) atoms. The molecule has 92 valence electrons. The summed E-state index contributed by atoms with van der Waals surface area (Å²) in [4.78, 5) is 13.1. The lowest BCUT2D eigenvalue weighted by atomic mass is 9.95. The number of likely N-dealkylation sites (tertiary alicyclic amines) is 1. The molecule has 1 aliphatic rings. The van der Waals surface area contributed by atoms with Crippen molar-refractivity contribution in [2.45, 2.75) is 25.3 Å². The van der Waals surface area contributed by atoms with Crippen LogP contribution in [0.1, 0.15) is 30.9 Å². The second kappa shape index (κ2) is 5.27. The average Bonchev–Trinajstić information content (AvgIpc) is 2.29. The molecular formula is C13H17FN2O. The quantitative estimate of drug-likeness (QED) is 0.870. The Morgan fingerprint density at radius 1 is 1.47 bits per heavy atom. The van der Waals surface area contributed by atoms with E-state index in [1.807, 2.05) is 11.0 Å². The maximum absolute atomic E-state index is 13.2. The predicted molar refractivity (Wildman–Crippen MR) is 63.8 cm³/mol. The van der Waals surface area contributed by atoms with Gasteiger partial charge in [0.25, 0.3) is 0 Å². The van der Waals surface area contributed by atoms with Gasteiger partial charge in [-0.3, -0.25) is 9.69 Å². The van der Waals surface area contributed by atoms with Crippen molar-refractivity contribution in [3.05, 3.63) is 35.6 Å². The third kappa shape index (κ3) is 3.03. The summed E-state index contributed by atoms with van der Waals surface area (Å²) >= 11 is 0. The van der Waals surface area contributed by atoms with E-state index in [1.165, 1.54) is 6.07 Å². The summed E-state index contributed by atoms with van der Waals surface area (Å²) in [6.07, 6.45) is 3.13. The molecule has 0 aromatic heterocycles. The van der Waals surface area contributed by atoms with Crippen molar-refractivity contribution in [1.82, 2.24) is 4.90 Å². The number of carbonyl (C=O) groups excluding carboxylic acids is 1.